The maximum absolute atomic E-state index is 11.3. The lowest BCUT2D eigenvalue weighted by Crippen LogP contribution is -2.53. The zero-order valence-corrected chi connectivity index (χ0v) is 14.5. The molecule has 0 aliphatic heterocycles. The molecule has 1 N–H and O–H groups in total. The number of rotatable bonds is 7. The van der Waals surface area contributed by atoms with Gasteiger partial charge in [0.1, 0.15) is 9.84 Å². The Labute approximate surface area is 124 Å². The summed E-state index contributed by atoms with van der Waals surface area (Å²) < 4.78 is 28.4. The summed E-state index contributed by atoms with van der Waals surface area (Å²) >= 11 is 0. The summed E-state index contributed by atoms with van der Waals surface area (Å²) in [6.07, 6.45) is 7.24. The van der Waals surface area contributed by atoms with Crippen LogP contribution in [0, 0.1) is 5.41 Å². The van der Waals surface area contributed by atoms with Gasteiger partial charge in [-0.3, -0.25) is 0 Å². The predicted molar refractivity (Wildman–Crippen MR) is 83.8 cm³/mol. The van der Waals surface area contributed by atoms with Gasteiger partial charge in [0.15, 0.2) is 0 Å². The summed E-state index contributed by atoms with van der Waals surface area (Å²) in [5.41, 5.74) is 0.259. The Morgan fingerprint density at radius 1 is 1.20 bits per heavy atom. The Morgan fingerprint density at radius 2 is 1.75 bits per heavy atom. The molecule has 0 bridgehead atoms. The summed E-state index contributed by atoms with van der Waals surface area (Å²) in [6.45, 7) is 4.62. The van der Waals surface area contributed by atoms with Crippen LogP contribution in [0.15, 0.2) is 0 Å². The fraction of sp³-hybridized carbons (Fsp3) is 1.00. The quantitative estimate of drug-likeness (QED) is 0.784. The smallest absolute Gasteiger partial charge is 0.147 e. The highest BCUT2D eigenvalue weighted by Crippen LogP contribution is 2.44. The molecule has 0 aromatic carbocycles. The number of sulfone groups is 1. The second kappa shape index (κ2) is 6.75. The Morgan fingerprint density at radius 3 is 2.15 bits per heavy atom. The monoisotopic (exact) mass is 305 g/mol. The molecule has 1 unspecified atom stereocenters. The summed E-state index contributed by atoms with van der Waals surface area (Å²) in [5, 5.41) is 3.36. The SMILES string of the molecule is CNC(CCCS(C)(=O)=O)C1(OC)CCC(C)(C)CC1. The largest absolute Gasteiger partial charge is 0.377 e. The molecule has 1 saturated carbocycles. The van der Waals surface area contributed by atoms with Crippen molar-refractivity contribution in [3.05, 3.63) is 0 Å². The van der Waals surface area contributed by atoms with Crippen LogP contribution in [0.25, 0.3) is 0 Å². The molecule has 0 saturated heterocycles. The highest BCUT2D eigenvalue weighted by Gasteiger charge is 2.43. The molecule has 0 aromatic heterocycles. The first kappa shape index (κ1) is 17.9. The standard InChI is InChI=1S/C15H31NO3S/c1-14(2)8-10-15(19-4,11-9-14)13(16-3)7-6-12-20(5,17)18/h13,16H,6-12H2,1-5H3. The average Bonchev–Trinajstić information content (AvgIpc) is 2.35. The molecule has 0 heterocycles. The van der Waals surface area contributed by atoms with Crippen molar-refractivity contribution in [2.75, 3.05) is 26.2 Å². The predicted octanol–water partition coefficient (Wildman–Crippen LogP) is 2.38. The Kier molecular flexibility index (Phi) is 6.05. The van der Waals surface area contributed by atoms with E-state index in [4.69, 9.17) is 4.74 Å². The lowest BCUT2D eigenvalue weighted by molar-refractivity contribution is -0.0865. The fourth-order valence-electron chi connectivity index (χ4n) is 3.26. The van der Waals surface area contributed by atoms with Crippen LogP contribution in [0.3, 0.4) is 0 Å². The van der Waals surface area contributed by atoms with Crippen LogP contribution in [0.2, 0.25) is 0 Å². The Bertz CT molecular complexity index is 393. The average molecular weight is 305 g/mol. The third-order valence-electron chi connectivity index (χ3n) is 4.85. The van der Waals surface area contributed by atoms with E-state index in [-0.39, 0.29) is 17.4 Å². The van der Waals surface area contributed by atoms with Crippen LogP contribution in [0.4, 0.5) is 0 Å². The van der Waals surface area contributed by atoms with Crippen LogP contribution in [0.1, 0.15) is 52.4 Å². The van der Waals surface area contributed by atoms with Crippen LogP contribution < -0.4 is 5.32 Å². The normalized spacial score (nSPS) is 23.4. The van der Waals surface area contributed by atoms with E-state index in [9.17, 15) is 8.42 Å². The number of ether oxygens (including phenoxy) is 1. The molecular formula is C15H31NO3S. The number of hydrogen-bond acceptors (Lipinski definition) is 4. The molecule has 5 heteroatoms. The van der Waals surface area contributed by atoms with E-state index >= 15 is 0 Å². The van der Waals surface area contributed by atoms with Gasteiger partial charge in [-0.1, -0.05) is 13.8 Å². The van der Waals surface area contributed by atoms with Crippen LogP contribution in [-0.2, 0) is 14.6 Å². The van der Waals surface area contributed by atoms with Gasteiger partial charge in [-0.25, -0.2) is 8.42 Å². The topological polar surface area (TPSA) is 55.4 Å². The number of methoxy groups -OCH3 is 1. The van der Waals surface area contributed by atoms with Crippen molar-refractivity contribution in [2.24, 2.45) is 5.41 Å². The molecule has 1 rings (SSSR count). The molecule has 1 atom stereocenters. The van der Waals surface area contributed by atoms with Crippen molar-refractivity contribution in [3.8, 4) is 0 Å². The van der Waals surface area contributed by atoms with E-state index in [1.54, 1.807) is 7.11 Å². The van der Waals surface area contributed by atoms with Gasteiger partial charge in [-0.05, 0) is 51.0 Å². The highest BCUT2D eigenvalue weighted by molar-refractivity contribution is 7.90. The maximum Gasteiger partial charge on any atom is 0.147 e. The van der Waals surface area contributed by atoms with Gasteiger partial charge >= 0.3 is 0 Å². The highest BCUT2D eigenvalue weighted by atomic mass is 32.2. The van der Waals surface area contributed by atoms with Gasteiger partial charge in [-0.15, -0.1) is 0 Å². The first-order valence-corrected chi connectivity index (χ1v) is 9.60. The van der Waals surface area contributed by atoms with Crippen LogP contribution >= 0.6 is 0 Å². The molecule has 20 heavy (non-hydrogen) atoms. The first-order valence-electron chi connectivity index (χ1n) is 7.54. The molecule has 0 spiro atoms. The third kappa shape index (κ3) is 5.01. The molecule has 0 radical (unpaired) electrons. The van der Waals surface area contributed by atoms with Crippen molar-refractivity contribution in [1.29, 1.82) is 0 Å². The first-order chi connectivity index (χ1) is 9.14. The molecule has 4 nitrogen and oxygen atoms in total. The van der Waals surface area contributed by atoms with E-state index in [0.29, 0.717) is 11.8 Å². The van der Waals surface area contributed by atoms with Crippen molar-refractivity contribution in [3.63, 3.8) is 0 Å². The third-order valence-corrected chi connectivity index (χ3v) is 5.88. The summed E-state index contributed by atoms with van der Waals surface area (Å²) in [6, 6.07) is 0.227. The minimum Gasteiger partial charge on any atom is -0.377 e. The summed E-state index contributed by atoms with van der Waals surface area (Å²) in [4.78, 5) is 0. The second-order valence-electron chi connectivity index (χ2n) is 7.05. The molecule has 1 fully saturated rings. The summed E-state index contributed by atoms with van der Waals surface area (Å²) in [5.74, 6) is 0.260. The molecule has 120 valence electrons. The second-order valence-corrected chi connectivity index (χ2v) is 9.31. The Hall–Kier alpha value is -0.130. The lowest BCUT2D eigenvalue weighted by atomic mass is 9.68. The Balaban J connectivity index is 2.65. The van der Waals surface area contributed by atoms with E-state index in [1.807, 2.05) is 7.05 Å². The summed E-state index contributed by atoms with van der Waals surface area (Å²) in [7, 11) is 0.869. The van der Waals surface area contributed by atoms with Crippen LogP contribution in [0.5, 0.6) is 0 Å². The van der Waals surface area contributed by atoms with Crippen molar-refractivity contribution >= 4 is 9.84 Å². The van der Waals surface area contributed by atoms with E-state index in [1.165, 1.54) is 6.26 Å². The lowest BCUT2D eigenvalue weighted by Gasteiger charge is -2.47. The van der Waals surface area contributed by atoms with Gasteiger partial charge in [0.25, 0.3) is 0 Å². The number of nitrogens with one attached hydrogen (secondary N) is 1. The molecule has 1 aliphatic rings. The van der Waals surface area contributed by atoms with E-state index in [0.717, 1.165) is 32.1 Å². The molecule has 0 aromatic rings. The molecule has 1 aliphatic carbocycles. The van der Waals surface area contributed by atoms with E-state index < -0.39 is 9.84 Å². The van der Waals surface area contributed by atoms with Crippen molar-refractivity contribution in [1.82, 2.24) is 5.32 Å². The number of likely N-dealkylation sites (N-methyl/N-ethyl adjacent to an activating group) is 1. The maximum atomic E-state index is 11.3. The zero-order valence-electron chi connectivity index (χ0n) is 13.7. The van der Waals surface area contributed by atoms with Gasteiger partial charge in [-0.2, -0.15) is 0 Å². The zero-order chi connectivity index (χ0) is 15.4. The van der Waals surface area contributed by atoms with Gasteiger partial charge < -0.3 is 10.1 Å². The van der Waals surface area contributed by atoms with E-state index in [2.05, 4.69) is 19.2 Å². The molecular weight excluding hydrogens is 274 g/mol. The van der Waals surface area contributed by atoms with Gasteiger partial charge in [0.2, 0.25) is 0 Å². The van der Waals surface area contributed by atoms with Crippen molar-refractivity contribution < 1.29 is 13.2 Å². The van der Waals surface area contributed by atoms with Gasteiger partial charge in [0, 0.05) is 25.2 Å². The van der Waals surface area contributed by atoms with Crippen molar-refractivity contribution in [2.45, 2.75) is 64.0 Å². The molecule has 0 amide bonds. The minimum absolute atomic E-state index is 0.137. The fourth-order valence-corrected chi connectivity index (χ4v) is 3.96. The van der Waals surface area contributed by atoms with Gasteiger partial charge in [0.05, 0.1) is 5.60 Å². The minimum atomic E-state index is -2.87. The number of hydrogen-bond donors (Lipinski definition) is 1. The van der Waals surface area contributed by atoms with Crippen LogP contribution in [-0.4, -0.2) is 46.2 Å².